The van der Waals surface area contributed by atoms with Gasteiger partial charge < -0.3 is 14.6 Å². The maximum atomic E-state index is 12.3. The van der Waals surface area contributed by atoms with E-state index in [1.54, 1.807) is 30.7 Å². The molecule has 108 valence electrons. The SMILES string of the molecule is CC(C)n1cncc1CNc1ccccc1OC(F)F. The molecule has 0 spiro atoms. The Morgan fingerprint density at radius 2 is 2.05 bits per heavy atom. The van der Waals surface area contributed by atoms with E-state index in [0.717, 1.165) is 5.69 Å². The third kappa shape index (κ3) is 3.46. The number of aromatic nitrogens is 2. The molecule has 0 aliphatic heterocycles. The van der Waals surface area contributed by atoms with Gasteiger partial charge in [0, 0.05) is 12.2 Å². The van der Waals surface area contributed by atoms with E-state index in [9.17, 15) is 8.78 Å². The molecule has 0 fully saturated rings. The van der Waals surface area contributed by atoms with Crippen LogP contribution in [0.15, 0.2) is 36.8 Å². The zero-order valence-electron chi connectivity index (χ0n) is 11.4. The van der Waals surface area contributed by atoms with Crippen molar-refractivity contribution in [2.45, 2.75) is 33.0 Å². The van der Waals surface area contributed by atoms with Crippen molar-refractivity contribution in [2.75, 3.05) is 5.32 Å². The number of imidazole rings is 1. The summed E-state index contributed by atoms with van der Waals surface area (Å²) in [5.74, 6) is 0.137. The Bertz CT molecular complexity index is 555. The maximum absolute atomic E-state index is 12.3. The normalized spacial score (nSPS) is 11.1. The first-order chi connectivity index (χ1) is 9.58. The van der Waals surface area contributed by atoms with Gasteiger partial charge in [-0.05, 0) is 26.0 Å². The molecule has 1 aromatic heterocycles. The third-order valence-electron chi connectivity index (χ3n) is 2.87. The molecule has 0 saturated carbocycles. The maximum Gasteiger partial charge on any atom is 0.387 e. The van der Waals surface area contributed by atoms with Crippen LogP contribution in [0.25, 0.3) is 0 Å². The molecule has 0 unspecified atom stereocenters. The largest absolute Gasteiger partial charge is 0.433 e. The van der Waals surface area contributed by atoms with Crippen molar-refractivity contribution >= 4 is 5.69 Å². The average molecular weight is 281 g/mol. The second kappa shape index (κ2) is 6.36. The molecule has 0 aliphatic carbocycles. The minimum atomic E-state index is -2.83. The predicted octanol–water partition coefficient (Wildman–Crippen LogP) is 3.68. The quantitative estimate of drug-likeness (QED) is 0.878. The van der Waals surface area contributed by atoms with Crippen LogP contribution < -0.4 is 10.1 Å². The van der Waals surface area contributed by atoms with Crippen LogP contribution in [0.3, 0.4) is 0 Å². The summed E-state index contributed by atoms with van der Waals surface area (Å²) < 4.78 is 31.1. The highest BCUT2D eigenvalue weighted by molar-refractivity contribution is 5.56. The molecular weight excluding hydrogens is 264 g/mol. The van der Waals surface area contributed by atoms with Gasteiger partial charge in [-0.25, -0.2) is 4.98 Å². The van der Waals surface area contributed by atoms with Crippen LogP contribution in [0, 0.1) is 0 Å². The molecular formula is C14H17F2N3O. The van der Waals surface area contributed by atoms with Gasteiger partial charge in [-0.1, -0.05) is 12.1 Å². The lowest BCUT2D eigenvalue weighted by atomic mass is 10.3. The Labute approximate surface area is 116 Å². The lowest BCUT2D eigenvalue weighted by Crippen LogP contribution is -2.10. The smallest absolute Gasteiger partial charge is 0.387 e. The Morgan fingerprint density at radius 3 is 2.75 bits per heavy atom. The Morgan fingerprint density at radius 1 is 1.30 bits per heavy atom. The highest BCUT2D eigenvalue weighted by atomic mass is 19.3. The number of para-hydroxylation sites is 2. The molecule has 0 atom stereocenters. The third-order valence-corrected chi connectivity index (χ3v) is 2.87. The van der Waals surface area contributed by atoms with E-state index >= 15 is 0 Å². The number of hydrogen-bond donors (Lipinski definition) is 1. The summed E-state index contributed by atoms with van der Waals surface area (Å²) in [4.78, 5) is 4.10. The molecule has 2 rings (SSSR count). The average Bonchev–Trinajstić information content (AvgIpc) is 2.85. The fraction of sp³-hybridized carbons (Fsp3) is 0.357. The number of hydrogen-bond acceptors (Lipinski definition) is 3. The molecule has 4 nitrogen and oxygen atoms in total. The lowest BCUT2D eigenvalue weighted by Gasteiger charge is -2.15. The number of halogens is 2. The van der Waals surface area contributed by atoms with Crippen LogP contribution in [0.5, 0.6) is 5.75 Å². The Hall–Kier alpha value is -2.11. The standard InChI is InChI=1S/C14H17F2N3O/c1-10(2)19-9-17-7-11(19)8-18-12-5-3-4-6-13(12)20-14(15)16/h3-7,9-10,14,18H,8H2,1-2H3. The van der Waals surface area contributed by atoms with Gasteiger partial charge in [0.05, 0.1) is 24.3 Å². The first-order valence-electron chi connectivity index (χ1n) is 6.36. The van der Waals surface area contributed by atoms with Crippen molar-refractivity contribution in [2.24, 2.45) is 0 Å². The molecule has 1 heterocycles. The first kappa shape index (κ1) is 14.3. The van der Waals surface area contributed by atoms with E-state index in [2.05, 4.69) is 28.9 Å². The van der Waals surface area contributed by atoms with Gasteiger partial charge in [-0.3, -0.25) is 0 Å². The van der Waals surface area contributed by atoms with Gasteiger partial charge in [0.15, 0.2) is 0 Å². The highest BCUT2D eigenvalue weighted by Gasteiger charge is 2.10. The van der Waals surface area contributed by atoms with Gasteiger partial charge in [0.1, 0.15) is 5.75 Å². The van der Waals surface area contributed by atoms with Crippen LogP contribution in [0.4, 0.5) is 14.5 Å². The van der Waals surface area contributed by atoms with Gasteiger partial charge in [-0.2, -0.15) is 8.78 Å². The molecule has 2 aromatic rings. The number of rotatable bonds is 6. The second-order valence-electron chi connectivity index (χ2n) is 4.61. The Kier molecular flexibility index (Phi) is 4.55. The highest BCUT2D eigenvalue weighted by Crippen LogP contribution is 2.26. The van der Waals surface area contributed by atoms with Crippen molar-refractivity contribution < 1.29 is 13.5 Å². The zero-order chi connectivity index (χ0) is 14.5. The summed E-state index contributed by atoms with van der Waals surface area (Å²) in [5, 5.41) is 3.10. The molecule has 0 amide bonds. The zero-order valence-corrected chi connectivity index (χ0v) is 11.4. The van der Waals surface area contributed by atoms with Crippen molar-refractivity contribution in [1.82, 2.24) is 9.55 Å². The summed E-state index contributed by atoms with van der Waals surface area (Å²) in [6.07, 6.45) is 3.51. The second-order valence-corrected chi connectivity index (χ2v) is 4.61. The van der Waals surface area contributed by atoms with E-state index < -0.39 is 6.61 Å². The van der Waals surface area contributed by atoms with Gasteiger partial charge in [-0.15, -0.1) is 0 Å². The molecule has 0 bridgehead atoms. The van der Waals surface area contributed by atoms with Gasteiger partial charge in [0.2, 0.25) is 0 Å². The van der Waals surface area contributed by atoms with E-state index in [1.165, 1.54) is 6.07 Å². The summed E-state index contributed by atoms with van der Waals surface area (Å²) in [5.41, 5.74) is 1.51. The number of benzene rings is 1. The van der Waals surface area contributed by atoms with Crippen molar-refractivity contribution in [3.8, 4) is 5.75 Å². The monoisotopic (exact) mass is 281 g/mol. The van der Waals surface area contributed by atoms with E-state index in [4.69, 9.17) is 0 Å². The van der Waals surface area contributed by atoms with Crippen molar-refractivity contribution in [3.05, 3.63) is 42.5 Å². The molecule has 0 aliphatic rings. The molecule has 1 N–H and O–H groups in total. The minimum Gasteiger partial charge on any atom is -0.433 e. The first-order valence-corrected chi connectivity index (χ1v) is 6.36. The fourth-order valence-electron chi connectivity index (χ4n) is 1.93. The number of ether oxygens (including phenoxy) is 1. The summed E-state index contributed by atoms with van der Waals surface area (Å²) >= 11 is 0. The molecule has 6 heteroatoms. The van der Waals surface area contributed by atoms with Gasteiger partial charge >= 0.3 is 6.61 Å². The topological polar surface area (TPSA) is 39.1 Å². The number of nitrogens with one attached hydrogen (secondary N) is 1. The number of alkyl halides is 2. The van der Waals surface area contributed by atoms with Crippen LogP contribution in [0.1, 0.15) is 25.6 Å². The summed E-state index contributed by atoms with van der Waals surface area (Å²) in [6.45, 7) is 1.76. The minimum absolute atomic E-state index is 0.137. The Balaban J connectivity index is 2.09. The molecule has 1 aromatic carbocycles. The van der Waals surface area contributed by atoms with Gasteiger partial charge in [0.25, 0.3) is 0 Å². The number of nitrogens with zero attached hydrogens (tertiary/aromatic N) is 2. The van der Waals surface area contributed by atoms with Crippen LogP contribution in [-0.2, 0) is 6.54 Å². The van der Waals surface area contributed by atoms with Crippen LogP contribution >= 0.6 is 0 Å². The predicted molar refractivity (Wildman–Crippen MR) is 73.0 cm³/mol. The van der Waals surface area contributed by atoms with Crippen molar-refractivity contribution in [3.63, 3.8) is 0 Å². The molecule has 0 radical (unpaired) electrons. The van der Waals surface area contributed by atoms with E-state index in [1.807, 2.05) is 4.57 Å². The molecule has 20 heavy (non-hydrogen) atoms. The van der Waals surface area contributed by atoms with E-state index in [0.29, 0.717) is 18.3 Å². The lowest BCUT2D eigenvalue weighted by molar-refractivity contribution is -0.0493. The van der Waals surface area contributed by atoms with Crippen LogP contribution in [-0.4, -0.2) is 16.2 Å². The van der Waals surface area contributed by atoms with Crippen molar-refractivity contribution in [1.29, 1.82) is 0 Å². The van der Waals surface area contributed by atoms with E-state index in [-0.39, 0.29) is 5.75 Å². The number of anilines is 1. The molecule has 0 saturated heterocycles. The summed E-state index contributed by atoms with van der Waals surface area (Å²) in [6, 6.07) is 6.92. The van der Waals surface area contributed by atoms with Crippen LogP contribution in [0.2, 0.25) is 0 Å². The fourth-order valence-corrected chi connectivity index (χ4v) is 1.93. The summed E-state index contributed by atoms with van der Waals surface area (Å²) in [7, 11) is 0.